The van der Waals surface area contributed by atoms with Crippen LogP contribution in [0.25, 0.3) is 16.5 Å². The smallest absolute Gasteiger partial charge is 0.268 e. The molecule has 0 spiro atoms. The van der Waals surface area contributed by atoms with Crippen molar-refractivity contribution < 1.29 is 36.6 Å². The number of aromatic nitrogens is 3. The van der Waals surface area contributed by atoms with Gasteiger partial charge in [0.1, 0.15) is 27.0 Å². The summed E-state index contributed by atoms with van der Waals surface area (Å²) in [5, 5.41) is 16.7. The molecule has 0 atom stereocenters. The van der Waals surface area contributed by atoms with E-state index < -0.39 is 33.0 Å². The molecule has 0 unspecified atom stereocenters. The minimum absolute atomic E-state index is 0.0449. The Kier molecular flexibility index (Phi) is 15.6. The van der Waals surface area contributed by atoms with Gasteiger partial charge >= 0.3 is 0 Å². The Morgan fingerprint density at radius 2 is 1.41 bits per heavy atom. The maximum absolute atomic E-state index is 15.0. The van der Waals surface area contributed by atoms with Gasteiger partial charge in [-0.25, -0.2) is 31.6 Å². The second kappa shape index (κ2) is 22.8. The molecule has 6 aromatic carbocycles. The summed E-state index contributed by atoms with van der Waals surface area (Å²) in [6.07, 6.45) is 5.41. The van der Waals surface area contributed by atoms with Crippen molar-refractivity contribution in [2.24, 2.45) is 5.92 Å². The zero-order chi connectivity index (χ0) is 55.7. The normalized spacial score (nSPS) is 19.0. The van der Waals surface area contributed by atoms with Gasteiger partial charge < -0.3 is 19.5 Å². The van der Waals surface area contributed by atoms with Crippen LogP contribution in [0.15, 0.2) is 181 Å². The number of sulfonamides is 1. The van der Waals surface area contributed by atoms with Crippen LogP contribution in [-0.4, -0.2) is 90.0 Å². The highest BCUT2D eigenvalue weighted by atomic mass is 35.5. The molecular weight excluding hydrogens is 1080 g/mol. The number of ether oxygens (including phenoxy) is 2. The molecule has 1 aliphatic heterocycles. The minimum Gasteiger partial charge on any atom is -0.476 e. The number of amides is 1. The Bertz CT molecular complexity index is 3570. The van der Waals surface area contributed by atoms with E-state index >= 15 is 8.78 Å². The van der Waals surface area contributed by atoms with Crippen molar-refractivity contribution in [3.05, 3.63) is 214 Å². The lowest BCUT2D eigenvalue weighted by molar-refractivity contribution is -0.0109. The van der Waals surface area contributed by atoms with E-state index in [9.17, 15) is 18.3 Å². The van der Waals surface area contributed by atoms with E-state index in [0.717, 1.165) is 52.4 Å². The van der Waals surface area contributed by atoms with Gasteiger partial charge in [0.25, 0.3) is 21.9 Å². The summed E-state index contributed by atoms with van der Waals surface area (Å²) in [4.78, 5) is 22.7. The Morgan fingerprint density at radius 3 is 2.04 bits per heavy atom. The van der Waals surface area contributed by atoms with Gasteiger partial charge in [-0.05, 0) is 121 Å². The number of nitrogens with zero attached hydrogens (tertiary/aromatic N) is 5. The number of aliphatic hydroxyl groups is 1. The van der Waals surface area contributed by atoms with E-state index in [1.807, 2.05) is 90.5 Å². The van der Waals surface area contributed by atoms with Crippen LogP contribution < -0.4 is 19.1 Å². The number of hydrogen-bond acceptors (Lipinski definition) is 10. The topological polar surface area (TPSA) is 139 Å². The Balaban J connectivity index is 0.913. The highest BCUT2D eigenvalue weighted by molar-refractivity contribution is 7.90. The molecule has 1 saturated heterocycles. The zero-order valence-corrected chi connectivity index (χ0v) is 46.4. The zero-order valence-electron chi connectivity index (χ0n) is 44.1. The molecule has 12 nitrogen and oxygen atoms in total. The second-order valence-corrected chi connectivity index (χ2v) is 23.9. The molecule has 80 heavy (non-hydrogen) atoms. The van der Waals surface area contributed by atoms with Gasteiger partial charge in [0.05, 0.1) is 41.1 Å². The number of allylic oxidation sites excluding steroid dienone is 1. The Morgan fingerprint density at radius 1 is 0.775 bits per heavy atom. The number of halogens is 4. The van der Waals surface area contributed by atoms with E-state index in [4.69, 9.17) is 37.8 Å². The number of benzene rings is 6. The maximum atomic E-state index is 15.0. The molecule has 8 aromatic rings. The molecule has 17 heteroatoms. The van der Waals surface area contributed by atoms with E-state index in [1.54, 1.807) is 36.5 Å². The molecule has 11 rings (SSSR count). The molecule has 3 heterocycles. The molecule has 1 saturated carbocycles. The molecule has 2 fully saturated rings. The fourth-order valence-electron chi connectivity index (χ4n) is 11.5. The van der Waals surface area contributed by atoms with E-state index in [1.165, 1.54) is 12.1 Å². The minimum atomic E-state index is -4.56. The van der Waals surface area contributed by atoms with Crippen molar-refractivity contribution >= 4 is 61.3 Å². The van der Waals surface area contributed by atoms with Crippen LogP contribution in [0.3, 0.4) is 0 Å². The van der Waals surface area contributed by atoms with Crippen molar-refractivity contribution in [1.82, 2.24) is 24.4 Å². The molecule has 412 valence electrons. The average molecular weight is 1140 g/mol. The first-order valence-electron chi connectivity index (χ1n) is 26.9. The number of fused-ring (bicyclic) bond motifs is 1. The summed E-state index contributed by atoms with van der Waals surface area (Å²) in [6.45, 7) is 4.70. The maximum Gasteiger partial charge on any atom is 0.268 e. The van der Waals surface area contributed by atoms with Crippen molar-refractivity contribution in [2.75, 3.05) is 44.2 Å². The third-order valence-electron chi connectivity index (χ3n) is 15.8. The monoisotopic (exact) mass is 1140 g/mol. The van der Waals surface area contributed by atoms with Crippen LogP contribution in [0.1, 0.15) is 84.5 Å². The molecule has 2 N–H and O–H groups in total. The SMILES string of the molecule is C[C@]1(O)CC[C@@H](COc2ncc(S(=O)(=O)NC(=O)c3ccc(N4CCN(CC5=C(c6ccc(Cl)cc6)CCC(F)(F)C5)CC4)cc3Oc3cccc4c3cnn4C(c3ccccc3)(c3ccccc3)c3ccccc3)cc2Cl)CC1. The van der Waals surface area contributed by atoms with Gasteiger partial charge in [-0.15, -0.1) is 0 Å². The van der Waals surface area contributed by atoms with Crippen molar-refractivity contribution in [3.8, 4) is 17.4 Å². The summed E-state index contributed by atoms with van der Waals surface area (Å²) in [7, 11) is -4.56. The number of anilines is 1. The van der Waals surface area contributed by atoms with Gasteiger partial charge in [0.15, 0.2) is 0 Å². The van der Waals surface area contributed by atoms with Gasteiger partial charge in [0.2, 0.25) is 5.88 Å². The number of nitrogens with one attached hydrogen (secondary N) is 1. The van der Waals surface area contributed by atoms with Crippen LogP contribution in [0.2, 0.25) is 10.0 Å². The van der Waals surface area contributed by atoms with Crippen LogP contribution in [0.5, 0.6) is 17.4 Å². The molecular formula is C63H60Cl2F2N6O6S. The van der Waals surface area contributed by atoms with Crippen molar-refractivity contribution in [2.45, 2.75) is 73.8 Å². The van der Waals surface area contributed by atoms with E-state index in [2.05, 4.69) is 55.9 Å². The lowest BCUT2D eigenvalue weighted by Gasteiger charge is -2.38. The summed E-state index contributed by atoms with van der Waals surface area (Å²) >= 11 is 12.8. The predicted octanol–water partition coefficient (Wildman–Crippen LogP) is 13.2. The molecule has 2 aliphatic carbocycles. The molecule has 2 aromatic heterocycles. The number of piperazine rings is 1. The van der Waals surface area contributed by atoms with Crippen LogP contribution in [0, 0.1) is 5.92 Å². The Hall–Kier alpha value is -7.14. The fourth-order valence-corrected chi connectivity index (χ4v) is 12.9. The number of carbonyl (C=O) groups excluding carboxylic acids is 1. The van der Waals surface area contributed by atoms with Crippen molar-refractivity contribution in [1.29, 1.82) is 0 Å². The second-order valence-electron chi connectivity index (χ2n) is 21.4. The first-order chi connectivity index (χ1) is 38.5. The standard InChI is InChI=1S/C63H60Cl2F2N6O6S/c1-61(75)29-26-43(27-30-61)42-78-60-55(65)37-51(39-68-60)80(76,77)70-59(74)53-25-24-50(72-34-32-71(33-35-72)41-45-38-62(66,67)31-28-52(45)44-20-22-49(64)23-21-44)36-58(53)79-57-19-11-18-56-54(57)40-69-73(56)63(46-12-5-2-6-13-46,47-14-7-3-8-15-47)48-16-9-4-10-17-48/h2-25,36-37,39-40,43,75H,26-35,38,41-42H2,1H3,(H,70,74)/t43-,61+. The van der Waals surface area contributed by atoms with Crippen LogP contribution in [-0.2, 0) is 15.6 Å². The first kappa shape index (κ1) is 54.8. The van der Waals surface area contributed by atoms with E-state index in [-0.39, 0.29) is 52.3 Å². The first-order valence-corrected chi connectivity index (χ1v) is 29.1. The van der Waals surface area contributed by atoms with Gasteiger partial charge in [-0.2, -0.15) is 5.10 Å². The highest BCUT2D eigenvalue weighted by Crippen LogP contribution is 2.45. The van der Waals surface area contributed by atoms with Crippen LogP contribution in [0.4, 0.5) is 14.5 Å². The molecule has 3 aliphatic rings. The van der Waals surface area contributed by atoms with Crippen molar-refractivity contribution in [3.63, 3.8) is 0 Å². The summed E-state index contributed by atoms with van der Waals surface area (Å²) in [5.41, 5.74) is 5.13. The Labute approximate surface area is 474 Å². The van der Waals surface area contributed by atoms with Crippen LogP contribution >= 0.6 is 23.2 Å². The highest BCUT2D eigenvalue weighted by Gasteiger charge is 2.41. The molecule has 0 bridgehead atoms. The van der Waals surface area contributed by atoms with Gasteiger partial charge in [-0.3, -0.25) is 9.69 Å². The predicted molar refractivity (Wildman–Crippen MR) is 309 cm³/mol. The van der Waals surface area contributed by atoms with E-state index in [0.29, 0.717) is 79.5 Å². The fraction of sp³-hybridized carbons (Fsp3) is 0.286. The lowest BCUT2D eigenvalue weighted by Crippen LogP contribution is -2.47. The number of pyridine rings is 1. The van der Waals surface area contributed by atoms with Gasteiger partial charge in [0, 0.05) is 62.3 Å². The number of rotatable bonds is 16. The third-order valence-corrected chi connectivity index (χ3v) is 17.7. The summed E-state index contributed by atoms with van der Waals surface area (Å²) in [5.74, 6) is -3.09. The third kappa shape index (κ3) is 11.6. The number of carbonyl (C=O) groups is 1. The number of alkyl halides is 2. The summed E-state index contributed by atoms with van der Waals surface area (Å²) < 4.78 is 75.1. The quantitative estimate of drug-likeness (QED) is 0.0899. The number of hydrogen-bond donors (Lipinski definition) is 2. The van der Waals surface area contributed by atoms with Gasteiger partial charge in [-0.1, -0.05) is 132 Å². The lowest BCUT2D eigenvalue weighted by atomic mass is 9.77. The average Bonchev–Trinajstić information content (AvgIpc) is 3.47. The summed E-state index contributed by atoms with van der Waals surface area (Å²) in [6, 6.07) is 49.6. The molecule has 0 radical (unpaired) electrons. The largest absolute Gasteiger partial charge is 0.476 e. The molecule has 1 amide bonds.